The van der Waals surface area contributed by atoms with Crippen LogP contribution >= 0.6 is 0 Å². The van der Waals surface area contributed by atoms with Gasteiger partial charge in [0.25, 0.3) is 0 Å². The molecule has 1 aromatic carbocycles. The van der Waals surface area contributed by atoms with Crippen molar-refractivity contribution in [2.75, 3.05) is 39.3 Å². The van der Waals surface area contributed by atoms with E-state index in [4.69, 9.17) is 0 Å². The number of carbonyl (C=O) groups is 1. The number of unbranched alkanes of at least 4 members (excludes halogenated alkanes) is 1. The fourth-order valence-electron chi connectivity index (χ4n) is 4.26. The Labute approximate surface area is 182 Å². The van der Waals surface area contributed by atoms with Gasteiger partial charge in [0.15, 0.2) is 0 Å². The molecule has 2 saturated heterocycles. The van der Waals surface area contributed by atoms with Gasteiger partial charge in [0.05, 0.1) is 11.3 Å². The molecule has 2 aliphatic heterocycles. The summed E-state index contributed by atoms with van der Waals surface area (Å²) < 4.78 is 27.0. The van der Waals surface area contributed by atoms with Crippen molar-refractivity contribution in [2.24, 2.45) is 5.92 Å². The molecule has 0 aliphatic carbocycles. The van der Waals surface area contributed by atoms with E-state index in [0.29, 0.717) is 24.5 Å². The molecule has 0 saturated carbocycles. The van der Waals surface area contributed by atoms with E-state index in [1.54, 1.807) is 28.6 Å². The van der Waals surface area contributed by atoms with E-state index in [2.05, 4.69) is 17.1 Å². The number of hydrogen-bond acceptors (Lipinski definition) is 4. The Hall–Kier alpha value is -1.44. The zero-order valence-electron chi connectivity index (χ0n) is 18.3. The number of nitrogens with one attached hydrogen (secondary N) is 1. The van der Waals surface area contributed by atoms with Gasteiger partial charge in [-0.25, -0.2) is 8.42 Å². The predicted octanol–water partition coefficient (Wildman–Crippen LogP) is 3.03. The summed E-state index contributed by atoms with van der Waals surface area (Å²) in [6.45, 7) is 7.76. The number of carbonyl (C=O) groups excluding carboxylic acids is 1. The van der Waals surface area contributed by atoms with E-state index in [0.717, 1.165) is 50.1 Å². The first-order chi connectivity index (χ1) is 14.4. The monoisotopic (exact) mass is 435 g/mol. The first kappa shape index (κ1) is 23.2. The molecule has 1 N–H and O–H groups in total. The molecule has 0 radical (unpaired) electrons. The molecule has 1 aromatic rings. The summed E-state index contributed by atoms with van der Waals surface area (Å²) in [5.41, 5.74) is 0.840. The molecule has 3 rings (SSSR count). The van der Waals surface area contributed by atoms with Gasteiger partial charge in [0, 0.05) is 19.6 Å². The Morgan fingerprint density at radius 3 is 2.33 bits per heavy atom. The summed E-state index contributed by atoms with van der Waals surface area (Å²) in [6, 6.07) is 6.78. The van der Waals surface area contributed by atoms with Crippen LogP contribution in [0.4, 0.5) is 0 Å². The molecule has 6 nitrogen and oxygen atoms in total. The SMILES string of the molecule is CC1CCN(CCCCNC(=O)Cc2ccc(S(=O)(=O)N3CCCCC3)cc2)CC1. The molecule has 0 aromatic heterocycles. The first-order valence-electron chi connectivity index (χ1n) is 11.5. The van der Waals surface area contributed by atoms with E-state index in [1.165, 1.54) is 25.9 Å². The maximum Gasteiger partial charge on any atom is 0.243 e. The molecule has 1 amide bonds. The second-order valence-electron chi connectivity index (χ2n) is 8.87. The number of sulfonamides is 1. The molecule has 0 atom stereocenters. The van der Waals surface area contributed by atoms with E-state index < -0.39 is 10.0 Å². The predicted molar refractivity (Wildman–Crippen MR) is 120 cm³/mol. The Bertz CT molecular complexity index is 765. The minimum absolute atomic E-state index is 0.00608. The largest absolute Gasteiger partial charge is 0.356 e. The molecular weight excluding hydrogens is 398 g/mol. The maximum atomic E-state index is 12.7. The highest BCUT2D eigenvalue weighted by molar-refractivity contribution is 7.89. The van der Waals surface area contributed by atoms with Crippen LogP contribution in [0.2, 0.25) is 0 Å². The molecule has 2 fully saturated rings. The number of nitrogens with zero attached hydrogens (tertiary/aromatic N) is 2. The zero-order valence-corrected chi connectivity index (χ0v) is 19.1. The maximum absolute atomic E-state index is 12.7. The topological polar surface area (TPSA) is 69.7 Å². The lowest BCUT2D eigenvalue weighted by Crippen LogP contribution is -2.35. The Balaban J connectivity index is 1.36. The minimum Gasteiger partial charge on any atom is -0.356 e. The molecule has 0 bridgehead atoms. The zero-order chi connectivity index (χ0) is 21.4. The third-order valence-electron chi connectivity index (χ3n) is 6.34. The van der Waals surface area contributed by atoms with Gasteiger partial charge in [0.2, 0.25) is 15.9 Å². The third kappa shape index (κ3) is 6.79. The van der Waals surface area contributed by atoms with Crippen LogP contribution < -0.4 is 5.32 Å². The number of amides is 1. The quantitative estimate of drug-likeness (QED) is 0.606. The minimum atomic E-state index is -3.41. The molecule has 2 heterocycles. The molecule has 168 valence electrons. The van der Waals surface area contributed by atoms with Crippen LogP contribution in [0.15, 0.2) is 29.2 Å². The summed E-state index contributed by atoms with van der Waals surface area (Å²) >= 11 is 0. The Morgan fingerprint density at radius 1 is 1.00 bits per heavy atom. The van der Waals surface area contributed by atoms with Gasteiger partial charge in [-0.3, -0.25) is 4.79 Å². The van der Waals surface area contributed by atoms with Crippen LogP contribution in [0.3, 0.4) is 0 Å². The number of benzene rings is 1. The average Bonchev–Trinajstić information content (AvgIpc) is 2.76. The molecule has 7 heteroatoms. The van der Waals surface area contributed by atoms with Crippen molar-refractivity contribution in [3.05, 3.63) is 29.8 Å². The van der Waals surface area contributed by atoms with Gasteiger partial charge in [-0.15, -0.1) is 0 Å². The van der Waals surface area contributed by atoms with Gasteiger partial charge >= 0.3 is 0 Å². The lowest BCUT2D eigenvalue weighted by molar-refractivity contribution is -0.120. The van der Waals surface area contributed by atoms with E-state index >= 15 is 0 Å². The van der Waals surface area contributed by atoms with Gasteiger partial charge in [-0.2, -0.15) is 4.31 Å². The standard InChI is InChI=1S/C23H37N3O3S/c1-20-11-17-25(18-12-20)14-6-3-13-24-23(27)19-21-7-9-22(10-8-21)30(28,29)26-15-4-2-5-16-26/h7-10,20H,2-6,11-19H2,1H3,(H,24,27). The van der Waals surface area contributed by atoms with Crippen molar-refractivity contribution in [1.29, 1.82) is 0 Å². The Kier molecular flexibility index (Phi) is 8.72. The normalized spacial score (nSPS) is 19.6. The van der Waals surface area contributed by atoms with Crippen molar-refractivity contribution < 1.29 is 13.2 Å². The van der Waals surface area contributed by atoms with Gasteiger partial charge in [-0.1, -0.05) is 25.5 Å². The van der Waals surface area contributed by atoms with Gasteiger partial charge in [-0.05, 0) is 81.8 Å². The fraction of sp³-hybridized carbons (Fsp3) is 0.696. The van der Waals surface area contributed by atoms with Crippen LogP contribution in [0.1, 0.15) is 57.4 Å². The Morgan fingerprint density at radius 2 is 1.67 bits per heavy atom. The van der Waals surface area contributed by atoms with E-state index in [9.17, 15) is 13.2 Å². The molecular formula is C23H37N3O3S. The summed E-state index contributed by atoms with van der Waals surface area (Å²) in [4.78, 5) is 15.0. The lowest BCUT2D eigenvalue weighted by Gasteiger charge is -2.30. The molecule has 0 unspecified atom stereocenters. The van der Waals surface area contributed by atoms with Crippen molar-refractivity contribution in [3.8, 4) is 0 Å². The number of rotatable bonds is 9. The second kappa shape index (κ2) is 11.3. The van der Waals surface area contributed by atoms with Gasteiger partial charge < -0.3 is 10.2 Å². The van der Waals surface area contributed by atoms with E-state index in [1.807, 2.05) is 0 Å². The van der Waals surface area contributed by atoms with Crippen molar-refractivity contribution in [3.63, 3.8) is 0 Å². The highest BCUT2D eigenvalue weighted by Crippen LogP contribution is 2.21. The summed E-state index contributed by atoms with van der Waals surface area (Å²) in [6.07, 6.45) is 7.93. The van der Waals surface area contributed by atoms with Crippen LogP contribution in [-0.2, 0) is 21.2 Å². The lowest BCUT2D eigenvalue weighted by atomic mass is 9.99. The summed E-state index contributed by atoms with van der Waals surface area (Å²) in [5.74, 6) is 0.855. The molecule has 2 aliphatic rings. The number of hydrogen-bond donors (Lipinski definition) is 1. The number of likely N-dealkylation sites (tertiary alicyclic amines) is 1. The highest BCUT2D eigenvalue weighted by Gasteiger charge is 2.25. The molecule has 0 spiro atoms. The van der Waals surface area contributed by atoms with Crippen LogP contribution in [0.5, 0.6) is 0 Å². The van der Waals surface area contributed by atoms with Crippen LogP contribution in [0.25, 0.3) is 0 Å². The van der Waals surface area contributed by atoms with Crippen molar-refractivity contribution >= 4 is 15.9 Å². The average molecular weight is 436 g/mol. The summed E-state index contributed by atoms with van der Waals surface area (Å²) in [5, 5.41) is 2.99. The van der Waals surface area contributed by atoms with Crippen LogP contribution in [-0.4, -0.2) is 62.8 Å². The van der Waals surface area contributed by atoms with E-state index in [-0.39, 0.29) is 12.3 Å². The van der Waals surface area contributed by atoms with Gasteiger partial charge in [0.1, 0.15) is 0 Å². The second-order valence-corrected chi connectivity index (χ2v) is 10.8. The van der Waals surface area contributed by atoms with Crippen molar-refractivity contribution in [2.45, 2.75) is 63.2 Å². The molecule has 30 heavy (non-hydrogen) atoms. The summed E-state index contributed by atoms with van der Waals surface area (Å²) in [7, 11) is -3.41. The first-order valence-corrected chi connectivity index (χ1v) is 13.0. The third-order valence-corrected chi connectivity index (χ3v) is 8.25. The fourth-order valence-corrected chi connectivity index (χ4v) is 5.77. The highest BCUT2D eigenvalue weighted by atomic mass is 32.2. The van der Waals surface area contributed by atoms with Crippen molar-refractivity contribution in [1.82, 2.24) is 14.5 Å². The number of piperidine rings is 2. The van der Waals surface area contributed by atoms with Crippen LogP contribution in [0, 0.1) is 5.92 Å². The smallest absolute Gasteiger partial charge is 0.243 e.